The van der Waals surface area contributed by atoms with Gasteiger partial charge in [0.15, 0.2) is 5.78 Å². The Morgan fingerprint density at radius 1 is 1.03 bits per heavy atom. The van der Waals surface area contributed by atoms with E-state index < -0.39 is 10.0 Å². The van der Waals surface area contributed by atoms with Crippen molar-refractivity contribution in [2.45, 2.75) is 44.4 Å². The Balaban J connectivity index is 1.67. The summed E-state index contributed by atoms with van der Waals surface area (Å²) >= 11 is 6.13. The fourth-order valence-corrected chi connectivity index (χ4v) is 5.49. The van der Waals surface area contributed by atoms with Crippen molar-refractivity contribution in [1.82, 2.24) is 4.31 Å². The zero-order valence-corrected chi connectivity index (χ0v) is 18.6. The van der Waals surface area contributed by atoms with Crippen molar-refractivity contribution < 1.29 is 18.0 Å². The number of benzene rings is 2. The molecule has 0 unspecified atom stereocenters. The number of anilines is 1. The number of nitrogens with zero attached hydrogens (tertiary/aromatic N) is 1. The van der Waals surface area contributed by atoms with E-state index in [0.29, 0.717) is 24.3 Å². The highest BCUT2D eigenvalue weighted by Crippen LogP contribution is 2.29. The lowest BCUT2D eigenvalue weighted by Crippen LogP contribution is -2.28. The Morgan fingerprint density at radius 2 is 1.73 bits per heavy atom. The molecule has 1 amide bonds. The average Bonchev–Trinajstić information content (AvgIpc) is 3.25. The molecule has 160 valence electrons. The van der Waals surface area contributed by atoms with Crippen molar-refractivity contribution in [3.05, 3.63) is 58.1 Å². The number of rotatable bonds is 7. The van der Waals surface area contributed by atoms with Crippen LogP contribution in [-0.2, 0) is 14.8 Å². The fraction of sp³-hybridized carbons (Fsp3) is 0.364. The Kier molecular flexibility index (Phi) is 6.95. The Hall–Kier alpha value is -2.22. The van der Waals surface area contributed by atoms with E-state index in [0.717, 1.165) is 24.0 Å². The number of amides is 1. The largest absolute Gasteiger partial charge is 0.326 e. The van der Waals surface area contributed by atoms with Crippen molar-refractivity contribution in [2.24, 2.45) is 0 Å². The van der Waals surface area contributed by atoms with E-state index >= 15 is 0 Å². The lowest BCUT2D eigenvalue weighted by atomic mass is 9.99. The number of nitrogens with one attached hydrogen (secondary N) is 1. The lowest BCUT2D eigenvalue weighted by Gasteiger charge is -2.17. The Labute approximate surface area is 182 Å². The summed E-state index contributed by atoms with van der Waals surface area (Å²) in [6.45, 7) is 4.71. The molecule has 2 aromatic carbocycles. The van der Waals surface area contributed by atoms with Crippen LogP contribution in [0.1, 0.15) is 47.2 Å². The second-order valence-electron chi connectivity index (χ2n) is 7.55. The van der Waals surface area contributed by atoms with Crippen molar-refractivity contribution >= 4 is 39.0 Å². The standard InChI is InChI=1S/C22H25ClN2O4S/c1-15-5-6-16(2)18(13-15)20(26)9-10-22(27)24-17-7-8-19(23)21(14-17)30(28,29)25-11-3-4-12-25/h5-8,13-14H,3-4,9-12H2,1-2H3,(H,24,27). The van der Waals surface area contributed by atoms with Gasteiger partial charge in [0.25, 0.3) is 0 Å². The highest BCUT2D eigenvalue weighted by Gasteiger charge is 2.29. The molecule has 0 bridgehead atoms. The predicted octanol–water partition coefficient (Wildman–Crippen LogP) is 4.34. The topological polar surface area (TPSA) is 83.5 Å². The highest BCUT2D eigenvalue weighted by atomic mass is 35.5. The molecule has 2 aromatic rings. The maximum absolute atomic E-state index is 12.8. The molecule has 1 saturated heterocycles. The van der Waals surface area contributed by atoms with E-state index in [2.05, 4.69) is 5.32 Å². The zero-order valence-electron chi connectivity index (χ0n) is 17.1. The minimum absolute atomic E-state index is 0.00303. The highest BCUT2D eigenvalue weighted by molar-refractivity contribution is 7.89. The van der Waals surface area contributed by atoms with Gasteiger partial charge in [-0.3, -0.25) is 9.59 Å². The number of halogens is 1. The molecule has 1 N–H and O–H groups in total. The second-order valence-corrected chi connectivity index (χ2v) is 9.86. The second kappa shape index (κ2) is 9.29. The summed E-state index contributed by atoms with van der Waals surface area (Å²) in [5, 5.41) is 2.79. The van der Waals surface area contributed by atoms with Crippen molar-refractivity contribution in [1.29, 1.82) is 0 Å². The van der Waals surface area contributed by atoms with Gasteiger partial charge in [-0.15, -0.1) is 0 Å². The van der Waals surface area contributed by atoms with E-state index in [1.54, 1.807) is 6.07 Å². The summed E-state index contributed by atoms with van der Waals surface area (Å²) in [5.41, 5.74) is 2.82. The molecule has 1 aliphatic heterocycles. The van der Waals surface area contributed by atoms with Crippen LogP contribution in [0.4, 0.5) is 5.69 Å². The molecule has 3 rings (SSSR count). The molecule has 1 fully saturated rings. The van der Waals surface area contributed by atoms with Crippen LogP contribution in [-0.4, -0.2) is 37.5 Å². The third-order valence-corrected chi connectivity index (χ3v) is 7.55. The molecule has 0 radical (unpaired) electrons. The van der Waals surface area contributed by atoms with Gasteiger partial charge >= 0.3 is 0 Å². The minimum Gasteiger partial charge on any atom is -0.326 e. The molecule has 0 aliphatic carbocycles. The quantitative estimate of drug-likeness (QED) is 0.638. The third kappa shape index (κ3) is 5.09. The SMILES string of the molecule is Cc1ccc(C)c(C(=O)CCC(=O)Nc2ccc(Cl)c(S(=O)(=O)N3CCCC3)c2)c1. The predicted molar refractivity (Wildman–Crippen MR) is 118 cm³/mol. The number of aryl methyl sites for hydroxylation is 2. The molecule has 0 atom stereocenters. The van der Waals surface area contributed by atoms with Crippen LogP contribution in [0.25, 0.3) is 0 Å². The van der Waals surface area contributed by atoms with Crippen LogP contribution < -0.4 is 5.32 Å². The molecular weight excluding hydrogens is 424 g/mol. The van der Waals surface area contributed by atoms with Gasteiger partial charge in [-0.1, -0.05) is 29.3 Å². The summed E-state index contributed by atoms with van der Waals surface area (Å²) in [4.78, 5) is 24.8. The summed E-state index contributed by atoms with van der Waals surface area (Å²) in [7, 11) is -3.70. The molecule has 6 nitrogen and oxygen atoms in total. The number of carbonyl (C=O) groups is 2. The Morgan fingerprint density at radius 3 is 2.43 bits per heavy atom. The van der Waals surface area contributed by atoms with Crippen LogP contribution >= 0.6 is 11.6 Å². The smallest absolute Gasteiger partial charge is 0.244 e. The van der Waals surface area contributed by atoms with Crippen LogP contribution in [0.15, 0.2) is 41.3 Å². The first-order chi connectivity index (χ1) is 14.2. The van der Waals surface area contributed by atoms with Gasteiger partial charge < -0.3 is 5.32 Å². The summed E-state index contributed by atoms with van der Waals surface area (Å²) < 4.78 is 27.0. The van der Waals surface area contributed by atoms with Crippen LogP contribution in [0.2, 0.25) is 5.02 Å². The average molecular weight is 449 g/mol. The number of hydrogen-bond acceptors (Lipinski definition) is 4. The van der Waals surface area contributed by atoms with Crippen molar-refractivity contribution in [3.8, 4) is 0 Å². The molecule has 1 aliphatic rings. The number of sulfonamides is 1. The Bertz CT molecular complexity index is 1080. The van der Waals surface area contributed by atoms with Gasteiger partial charge in [0.05, 0.1) is 5.02 Å². The van der Waals surface area contributed by atoms with E-state index in [1.165, 1.54) is 16.4 Å². The number of Topliss-reactive ketones (excluding diaryl/α,β-unsaturated/α-hetero) is 1. The molecule has 30 heavy (non-hydrogen) atoms. The first-order valence-electron chi connectivity index (χ1n) is 9.88. The lowest BCUT2D eigenvalue weighted by molar-refractivity contribution is -0.116. The van der Waals surface area contributed by atoms with Crippen LogP contribution in [0.3, 0.4) is 0 Å². The van der Waals surface area contributed by atoms with E-state index in [1.807, 2.05) is 32.0 Å². The molecule has 1 heterocycles. The van der Waals surface area contributed by atoms with Gasteiger partial charge in [-0.2, -0.15) is 4.31 Å². The number of hydrogen-bond donors (Lipinski definition) is 1. The molecule has 0 spiro atoms. The molecular formula is C22H25ClN2O4S. The van der Waals surface area contributed by atoms with Crippen LogP contribution in [0, 0.1) is 13.8 Å². The van der Waals surface area contributed by atoms with Gasteiger partial charge in [0.1, 0.15) is 4.90 Å². The normalized spacial score (nSPS) is 14.6. The first-order valence-corrected chi connectivity index (χ1v) is 11.7. The first kappa shape index (κ1) is 22.5. The van der Waals surface area contributed by atoms with Crippen LogP contribution in [0.5, 0.6) is 0 Å². The minimum atomic E-state index is -3.70. The van der Waals surface area contributed by atoms with Gasteiger partial charge in [-0.05, 0) is 56.5 Å². The summed E-state index contributed by atoms with van der Waals surface area (Å²) in [6, 6.07) is 10.0. The fourth-order valence-electron chi connectivity index (χ4n) is 3.47. The molecule has 0 saturated carbocycles. The molecule has 8 heteroatoms. The van der Waals surface area contributed by atoms with E-state index in [-0.39, 0.29) is 34.5 Å². The van der Waals surface area contributed by atoms with E-state index in [4.69, 9.17) is 11.6 Å². The van der Waals surface area contributed by atoms with E-state index in [9.17, 15) is 18.0 Å². The van der Waals surface area contributed by atoms with Crippen molar-refractivity contribution in [3.63, 3.8) is 0 Å². The maximum atomic E-state index is 12.8. The van der Waals surface area contributed by atoms with Gasteiger partial charge in [-0.25, -0.2) is 8.42 Å². The summed E-state index contributed by atoms with van der Waals surface area (Å²) in [6.07, 6.45) is 1.72. The zero-order chi connectivity index (χ0) is 21.9. The third-order valence-electron chi connectivity index (χ3n) is 5.17. The van der Waals surface area contributed by atoms with Gasteiger partial charge in [0.2, 0.25) is 15.9 Å². The van der Waals surface area contributed by atoms with Crippen molar-refractivity contribution in [2.75, 3.05) is 18.4 Å². The van der Waals surface area contributed by atoms with Gasteiger partial charge in [0, 0.05) is 37.2 Å². The summed E-state index contributed by atoms with van der Waals surface area (Å²) in [5.74, 6) is -0.458. The monoisotopic (exact) mass is 448 g/mol. The number of carbonyl (C=O) groups excluding carboxylic acids is 2. The molecule has 0 aromatic heterocycles. The number of ketones is 1. The maximum Gasteiger partial charge on any atom is 0.244 e.